The third-order valence-electron chi connectivity index (χ3n) is 3.62. The maximum atomic E-state index is 11.2. The van der Waals surface area contributed by atoms with Crippen molar-refractivity contribution in [1.82, 2.24) is 10.3 Å². The van der Waals surface area contributed by atoms with Crippen molar-refractivity contribution in [1.29, 1.82) is 0 Å². The number of nitrogens with one attached hydrogen (secondary N) is 2. The molecule has 21 heavy (non-hydrogen) atoms. The lowest BCUT2D eigenvalue weighted by Crippen LogP contribution is -2.20. The first-order chi connectivity index (χ1) is 10.3. The van der Waals surface area contributed by atoms with Crippen molar-refractivity contribution < 1.29 is 4.92 Å². The van der Waals surface area contributed by atoms with Crippen molar-refractivity contribution in [3.8, 4) is 0 Å². The summed E-state index contributed by atoms with van der Waals surface area (Å²) in [6.07, 6.45) is 4.80. The van der Waals surface area contributed by atoms with Gasteiger partial charge in [0.05, 0.1) is 10.4 Å². The van der Waals surface area contributed by atoms with Crippen molar-refractivity contribution >= 4 is 22.3 Å². The predicted octanol–water partition coefficient (Wildman–Crippen LogP) is 2.70. The van der Waals surface area contributed by atoms with Crippen LogP contribution >= 0.6 is 0 Å². The highest BCUT2D eigenvalue weighted by atomic mass is 16.6. The molecule has 0 unspecified atom stereocenters. The van der Waals surface area contributed by atoms with Crippen molar-refractivity contribution in [3.63, 3.8) is 0 Å². The summed E-state index contributed by atoms with van der Waals surface area (Å²) in [5.74, 6) is 0. The first-order valence-corrected chi connectivity index (χ1v) is 7.25. The molecule has 1 aliphatic carbocycles. The molecule has 110 valence electrons. The van der Waals surface area contributed by atoms with Crippen LogP contribution in [-0.4, -0.2) is 29.0 Å². The molecule has 0 radical (unpaired) electrons. The third-order valence-corrected chi connectivity index (χ3v) is 3.62. The highest BCUT2D eigenvalue weighted by Gasteiger charge is 2.20. The molecule has 6 heteroatoms. The van der Waals surface area contributed by atoms with Gasteiger partial charge < -0.3 is 10.6 Å². The zero-order valence-corrected chi connectivity index (χ0v) is 11.7. The normalized spacial score (nSPS) is 14.3. The lowest BCUT2D eigenvalue weighted by atomic mass is 10.1. The Morgan fingerprint density at radius 1 is 1.29 bits per heavy atom. The number of rotatable bonds is 7. The Hall–Kier alpha value is -2.21. The Bertz CT molecular complexity index is 655. The monoisotopic (exact) mass is 286 g/mol. The zero-order chi connectivity index (χ0) is 14.7. The van der Waals surface area contributed by atoms with Crippen LogP contribution in [-0.2, 0) is 0 Å². The number of benzene rings is 1. The fraction of sp³-hybridized carbons (Fsp3) is 0.400. The molecule has 3 rings (SSSR count). The number of pyridine rings is 1. The van der Waals surface area contributed by atoms with Gasteiger partial charge in [0.25, 0.3) is 0 Å². The second-order valence-electron chi connectivity index (χ2n) is 5.30. The van der Waals surface area contributed by atoms with Crippen LogP contribution in [0.2, 0.25) is 0 Å². The molecule has 0 spiro atoms. The molecule has 1 saturated carbocycles. The maximum absolute atomic E-state index is 11.2. The number of nitrogens with zero attached hydrogens (tertiary/aromatic N) is 2. The molecule has 2 N–H and O–H groups in total. The maximum Gasteiger partial charge on any atom is 0.311 e. The van der Waals surface area contributed by atoms with Crippen LogP contribution in [0.15, 0.2) is 30.5 Å². The first kappa shape index (κ1) is 13.8. The molecule has 0 atom stereocenters. The summed E-state index contributed by atoms with van der Waals surface area (Å²) in [5.41, 5.74) is 1.36. The average Bonchev–Trinajstić information content (AvgIpc) is 3.30. The number of fused-ring (bicyclic) bond motifs is 1. The second kappa shape index (κ2) is 6.05. The minimum atomic E-state index is -0.385. The summed E-state index contributed by atoms with van der Waals surface area (Å²) in [4.78, 5) is 14.9. The molecular formula is C15H18N4O2. The van der Waals surface area contributed by atoms with Gasteiger partial charge in [-0.15, -0.1) is 0 Å². The largest absolute Gasteiger partial charge is 0.379 e. The van der Waals surface area contributed by atoms with E-state index in [2.05, 4.69) is 15.6 Å². The molecule has 0 aliphatic heterocycles. The van der Waals surface area contributed by atoms with E-state index >= 15 is 0 Å². The second-order valence-corrected chi connectivity index (χ2v) is 5.30. The summed E-state index contributed by atoms with van der Waals surface area (Å²) >= 11 is 0. The number of hydrogen-bond donors (Lipinski definition) is 2. The Balaban J connectivity index is 1.73. The van der Waals surface area contributed by atoms with Crippen molar-refractivity contribution in [3.05, 3.63) is 40.6 Å². The highest BCUT2D eigenvalue weighted by Crippen LogP contribution is 2.31. The van der Waals surface area contributed by atoms with Crippen molar-refractivity contribution in [2.75, 3.05) is 18.4 Å². The zero-order valence-electron chi connectivity index (χ0n) is 11.7. The molecule has 0 saturated heterocycles. The molecule has 6 nitrogen and oxygen atoms in total. The Kier molecular flexibility index (Phi) is 3.96. The van der Waals surface area contributed by atoms with Crippen LogP contribution in [0.1, 0.15) is 19.3 Å². The predicted molar refractivity (Wildman–Crippen MR) is 82.5 cm³/mol. The quantitative estimate of drug-likeness (QED) is 0.465. The van der Waals surface area contributed by atoms with E-state index in [1.165, 1.54) is 19.0 Å². The van der Waals surface area contributed by atoms with Crippen LogP contribution in [0.5, 0.6) is 0 Å². The van der Waals surface area contributed by atoms with Crippen LogP contribution < -0.4 is 10.6 Å². The average molecular weight is 286 g/mol. The summed E-state index contributed by atoms with van der Waals surface area (Å²) in [6, 6.07) is 8.16. The van der Waals surface area contributed by atoms with E-state index in [0.29, 0.717) is 18.3 Å². The van der Waals surface area contributed by atoms with Gasteiger partial charge in [0.2, 0.25) is 0 Å². The number of anilines is 1. The molecule has 1 fully saturated rings. The van der Waals surface area contributed by atoms with E-state index in [-0.39, 0.29) is 10.6 Å². The van der Waals surface area contributed by atoms with E-state index in [0.717, 1.165) is 23.9 Å². The number of aromatic nitrogens is 1. The fourth-order valence-electron chi connectivity index (χ4n) is 2.35. The van der Waals surface area contributed by atoms with E-state index in [4.69, 9.17) is 0 Å². The summed E-state index contributed by atoms with van der Waals surface area (Å²) < 4.78 is 0. The van der Waals surface area contributed by atoms with E-state index in [1.807, 2.05) is 24.3 Å². The van der Waals surface area contributed by atoms with Gasteiger partial charge >= 0.3 is 5.69 Å². The Labute approximate surface area is 122 Å². The van der Waals surface area contributed by atoms with Crippen molar-refractivity contribution in [2.45, 2.75) is 25.3 Å². The SMILES string of the molecule is O=[N+]([O-])c1cnc2ccccc2c1NCCCNC1CC1. The van der Waals surface area contributed by atoms with Gasteiger partial charge in [-0.05, 0) is 31.9 Å². The van der Waals surface area contributed by atoms with Crippen molar-refractivity contribution in [2.24, 2.45) is 0 Å². The Morgan fingerprint density at radius 3 is 2.86 bits per heavy atom. The minimum Gasteiger partial charge on any atom is -0.379 e. The van der Waals surface area contributed by atoms with Gasteiger partial charge in [-0.2, -0.15) is 0 Å². The number of para-hydroxylation sites is 1. The first-order valence-electron chi connectivity index (χ1n) is 7.25. The summed E-state index contributed by atoms with van der Waals surface area (Å²) in [7, 11) is 0. The van der Waals surface area contributed by atoms with Gasteiger partial charge in [-0.3, -0.25) is 10.1 Å². The molecule has 1 aromatic heterocycles. The summed E-state index contributed by atoms with van der Waals surface area (Å²) in [5, 5.41) is 18.6. The van der Waals surface area contributed by atoms with E-state index in [9.17, 15) is 10.1 Å². The molecule has 0 amide bonds. The smallest absolute Gasteiger partial charge is 0.311 e. The standard InChI is InChI=1S/C15H18N4O2/c20-19(21)14-10-18-13-5-2-1-4-12(13)15(14)17-9-3-8-16-11-6-7-11/h1-2,4-5,10-11,16H,3,6-9H2,(H,17,18). The minimum absolute atomic E-state index is 0.0313. The van der Waals surface area contributed by atoms with Crippen LogP contribution in [0.25, 0.3) is 10.9 Å². The molecule has 1 heterocycles. The molecule has 1 aromatic carbocycles. The van der Waals surface area contributed by atoms with E-state index < -0.39 is 0 Å². The van der Waals surface area contributed by atoms with Crippen LogP contribution in [0.4, 0.5) is 11.4 Å². The van der Waals surface area contributed by atoms with Gasteiger partial charge in [-0.25, -0.2) is 4.98 Å². The van der Waals surface area contributed by atoms with Crippen LogP contribution in [0.3, 0.4) is 0 Å². The summed E-state index contributed by atoms with van der Waals surface area (Å²) in [6.45, 7) is 1.64. The third kappa shape index (κ3) is 3.28. The van der Waals surface area contributed by atoms with Crippen LogP contribution in [0, 0.1) is 10.1 Å². The number of hydrogen-bond acceptors (Lipinski definition) is 5. The molecule has 2 aromatic rings. The Morgan fingerprint density at radius 2 is 2.10 bits per heavy atom. The fourth-order valence-corrected chi connectivity index (χ4v) is 2.35. The van der Waals surface area contributed by atoms with Gasteiger partial charge in [0, 0.05) is 18.0 Å². The topological polar surface area (TPSA) is 80.1 Å². The van der Waals surface area contributed by atoms with Gasteiger partial charge in [0.1, 0.15) is 11.9 Å². The highest BCUT2D eigenvalue weighted by molar-refractivity contribution is 5.95. The van der Waals surface area contributed by atoms with Gasteiger partial charge in [0.15, 0.2) is 0 Å². The molecule has 0 bridgehead atoms. The van der Waals surface area contributed by atoms with Gasteiger partial charge in [-0.1, -0.05) is 18.2 Å². The van der Waals surface area contributed by atoms with E-state index in [1.54, 1.807) is 0 Å². The number of nitro groups is 1. The lowest BCUT2D eigenvalue weighted by Gasteiger charge is -2.10. The molecule has 1 aliphatic rings. The lowest BCUT2D eigenvalue weighted by molar-refractivity contribution is -0.384. The molecular weight excluding hydrogens is 268 g/mol.